The van der Waals surface area contributed by atoms with Crippen molar-refractivity contribution in [2.75, 3.05) is 13.4 Å². The summed E-state index contributed by atoms with van der Waals surface area (Å²) in [4.78, 5) is 13.6. The van der Waals surface area contributed by atoms with Gasteiger partial charge in [-0.15, -0.1) is 0 Å². The van der Waals surface area contributed by atoms with E-state index < -0.39 is 0 Å². The number of thioether (sulfide) groups is 1. The number of halogens is 2. The molecule has 0 unspecified atom stereocenters. The van der Waals surface area contributed by atoms with Crippen LogP contribution in [0.2, 0.25) is 10.0 Å². The van der Waals surface area contributed by atoms with Crippen molar-refractivity contribution in [1.29, 1.82) is 0 Å². The maximum Gasteiger partial charge on any atom is 0.187 e. The number of hydrogen-bond acceptors (Lipinski definition) is 7. The van der Waals surface area contributed by atoms with Crippen molar-refractivity contribution in [2.45, 2.75) is 11.8 Å². The van der Waals surface area contributed by atoms with E-state index in [0.29, 0.717) is 55.8 Å². The van der Waals surface area contributed by atoms with Gasteiger partial charge in [-0.2, -0.15) is 4.73 Å². The Bertz CT molecular complexity index is 1570. The van der Waals surface area contributed by atoms with Gasteiger partial charge in [-0.25, -0.2) is 15.0 Å². The fourth-order valence-corrected chi connectivity index (χ4v) is 4.84. The first-order valence-electron chi connectivity index (χ1n) is 11.5. The molecule has 38 heavy (non-hydrogen) atoms. The first kappa shape index (κ1) is 25.9. The van der Waals surface area contributed by atoms with Crippen LogP contribution in [0.3, 0.4) is 0 Å². The van der Waals surface area contributed by atoms with Crippen LogP contribution in [-0.2, 0) is 6.61 Å². The standard InChI is InChI=1S/C28H22Cl2N4O3S/c1-36-19-11-9-17(10-12-19)16-37-20-6-3-5-18(15-20)26-25(23-13-14-31-28(32-23)38-2)33-27(34(26)35)24-21(29)7-4-8-22(24)30/h3-15,35H,16H2,1-2H3. The second-order valence-electron chi connectivity index (χ2n) is 8.13. The molecule has 0 radical (unpaired) electrons. The van der Waals surface area contributed by atoms with E-state index >= 15 is 0 Å². The Morgan fingerprint density at radius 1 is 0.921 bits per heavy atom. The van der Waals surface area contributed by atoms with Gasteiger partial charge in [0.1, 0.15) is 29.5 Å². The maximum absolute atomic E-state index is 11.4. The number of aromatic nitrogens is 4. The third kappa shape index (κ3) is 5.29. The van der Waals surface area contributed by atoms with Crippen molar-refractivity contribution < 1.29 is 14.7 Å². The Morgan fingerprint density at radius 2 is 1.66 bits per heavy atom. The molecule has 0 aliphatic heterocycles. The Hall–Kier alpha value is -3.72. The quantitative estimate of drug-likeness (QED) is 0.118. The Morgan fingerprint density at radius 3 is 2.37 bits per heavy atom. The first-order valence-corrected chi connectivity index (χ1v) is 13.5. The van der Waals surface area contributed by atoms with E-state index in [-0.39, 0.29) is 5.82 Å². The van der Waals surface area contributed by atoms with Gasteiger partial charge in [0, 0.05) is 11.8 Å². The minimum atomic E-state index is 0.194. The Balaban J connectivity index is 1.59. The van der Waals surface area contributed by atoms with E-state index in [2.05, 4.69) is 9.97 Å². The predicted molar refractivity (Wildman–Crippen MR) is 150 cm³/mol. The highest BCUT2D eigenvalue weighted by Crippen LogP contribution is 2.40. The molecule has 0 aliphatic rings. The van der Waals surface area contributed by atoms with Crippen molar-refractivity contribution in [3.63, 3.8) is 0 Å². The number of hydrogen-bond donors (Lipinski definition) is 1. The maximum atomic E-state index is 11.4. The van der Waals surface area contributed by atoms with Crippen molar-refractivity contribution in [3.05, 3.63) is 94.6 Å². The van der Waals surface area contributed by atoms with Crippen LogP contribution in [-0.4, -0.2) is 38.3 Å². The number of ether oxygens (including phenoxy) is 2. The van der Waals surface area contributed by atoms with Gasteiger partial charge in [0.15, 0.2) is 11.0 Å². The van der Waals surface area contributed by atoms with Crippen LogP contribution in [0.25, 0.3) is 34.0 Å². The molecule has 1 N–H and O–H groups in total. The molecule has 5 rings (SSSR count). The largest absolute Gasteiger partial charge is 0.497 e. The van der Waals surface area contributed by atoms with Crippen LogP contribution >= 0.6 is 35.0 Å². The lowest BCUT2D eigenvalue weighted by Gasteiger charge is -2.11. The lowest BCUT2D eigenvalue weighted by atomic mass is 10.1. The third-order valence-electron chi connectivity index (χ3n) is 5.77. The van der Waals surface area contributed by atoms with E-state index in [1.807, 2.05) is 54.8 Å². The average molecular weight is 565 g/mol. The minimum Gasteiger partial charge on any atom is -0.497 e. The van der Waals surface area contributed by atoms with Crippen molar-refractivity contribution >= 4 is 35.0 Å². The molecule has 0 atom stereocenters. The topological polar surface area (TPSA) is 82.3 Å². The highest BCUT2D eigenvalue weighted by atomic mass is 35.5. The average Bonchev–Trinajstić information content (AvgIpc) is 3.28. The molecule has 0 fully saturated rings. The fourth-order valence-electron chi connectivity index (χ4n) is 3.92. The smallest absolute Gasteiger partial charge is 0.187 e. The lowest BCUT2D eigenvalue weighted by molar-refractivity contribution is 0.195. The van der Waals surface area contributed by atoms with Gasteiger partial charge in [-0.05, 0) is 54.3 Å². The summed E-state index contributed by atoms with van der Waals surface area (Å²) >= 11 is 14.4. The molecular formula is C28H22Cl2N4O3S. The fraction of sp³-hybridized carbons (Fsp3) is 0.107. The van der Waals surface area contributed by atoms with Gasteiger partial charge in [0.05, 0.1) is 28.4 Å². The summed E-state index contributed by atoms with van der Waals surface area (Å²) in [6.07, 6.45) is 3.55. The first-order chi connectivity index (χ1) is 18.5. The number of imidazole rings is 1. The second kappa shape index (κ2) is 11.3. The van der Waals surface area contributed by atoms with E-state index in [4.69, 9.17) is 37.7 Å². The van der Waals surface area contributed by atoms with E-state index in [0.717, 1.165) is 16.0 Å². The molecule has 10 heteroatoms. The molecule has 2 aromatic heterocycles. The third-order valence-corrected chi connectivity index (χ3v) is 6.96. The van der Waals surface area contributed by atoms with Gasteiger partial charge >= 0.3 is 0 Å². The molecule has 192 valence electrons. The molecule has 0 saturated carbocycles. The molecule has 0 saturated heterocycles. The van der Waals surface area contributed by atoms with Crippen LogP contribution in [0.1, 0.15) is 5.56 Å². The summed E-state index contributed by atoms with van der Waals surface area (Å²) < 4.78 is 12.3. The zero-order valence-electron chi connectivity index (χ0n) is 20.4. The van der Waals surface area contributed by atoms with E-state index in [9.17, 15) is 5.21 Å². The van der Waals surface area contributed by atoms with Gasteiger partial charge in [-0.3, -0.25) is 0 Å². The number of methoxy groups -OCH3 is 1. The zero-order valence-corrected chi connectivity index (χ0v) is 22.8. The van der Waals surface area contributed by atoms with Crippen molar-refractivity contribution in [1.82, 2.24) is 19.7 Å². The van der Waals surface area contributed by atoms with Crippen LogP contribution in [0, 0.1) is 0 Å². The molecule has 0 bridgehead atoms. The van der Waals surface area contributed by atoms with Crippen molar-refractivity contribution in [3.8, 4) is 45.5 Å². The minimum absolute atomic E-state index is 0.194. The zero-order chi connectivity index (χ0) is 26.6. The Labute approximate surface area is 234 Å². The van der Waals surface area contributed by atoms with E-state index in [1.54, 1.807) is 37.6 Å². The van der Waals surface area contributed by atoms with Gasteiger partial charge in [-0.1, -0.05) is 65.3 Å². The van der Waals surface area contributed by atoms with Crippen LogP contribution < -0.4 is 9.47 Å². The molecule has 2 heterocycles. The summed E-state index contributed by atoms with van der Waals surface area (Å²) in [6.45, 7) is 0.363. The summed E-state index contributed by atoms with van der Waals surface area (Å²) in [6, 6.07) is 21.9. The number of rotatable bonds is 8. The van der Waals surface area contributed by atoms with Crippen LogP contribution in [0.4, 0.5) is 0 Å². The lowest BCUT2D eigenvalue weighted by Crippen LogP contribution is -2.00. The summed E-state index contributed by atoms with van der Waals surface area (Å²) in [5.74, 6) is 1.60. The summed E-state index contributed by atoms with van der Waals surface area (Å²) in [5.41, 5.74) is 3.48. The number of benzene rings is 3. The highest BCUT2D eigenvalue weighted by molar-refractivity contribution is 7.98. The molecular weight excluding hydrogens is 543 g/mol. The number of nitrogens with zero attached hydrogens (tertiary/aromatic N) is 4. The van der Waals surface area contributed by atoms with Gasteiger partial charge in [0.2, 0.25) is 0 Å². The van der Waals surface area contributed by atoms with Crippen molar-refractivity contribution in [2.24, 2.45) is 0 Å². The van der Waals surface area contributed by atoms with E-state index in [1.165, 1.54) is 11.8 Å². The van der Waals surface area contributed by atoms with Gasteiger partial charge < -0.3 is 14.7 Å². The Kier molecular flexibility index (Phi) is 7.74. The molecule has 7 nitrogen and oxygen atoms in total. The van der Waals surface area contributed by atoms with Gasteiger partial charge in [0.25, 0.3) is 0 Å². The monoisotopic (exact) mass is 564 g/mol. The normalized spacial score (nSPS) is 10.9. The summed E-state index contributed by atoms with van der Waals surface area (Å²) in [7, 11) is 1.63. The molecule has 0 spiro atoms. The molecule has 5 aromatic rings. The molecule has 0 amide bonds. The predicted octanol–water partition coefficient (Wildman–Crippen LogP) is 7.53. The SMILES string of the molecule is COc1ccc(COc2cccc(-c3c(-c4ccnc(SC)n4)nc(-c4c(Cl)cccc4Cl)n3O)c2)cc1. The summed E-state index contributed by atoms with van der Waals surface area (Å²) in [5, 5.41) is 12.7. The van der Waals surface area contributed by atoms with Crippen LogP contribution in [0.5, 0.6) is 11.5 Å². The highest BCUT2D eigenvalue weighted by Gasteiger charge is 2.25. The molecule has 3 aromatic carbocycles. The van der Waals surface area contributed by atoms with Crippen LogP contribution in [0.15, 0.2) is 84.1 Å². The molecule has 0 aliphatic carbocycles. The second-order valence-corrected chi connectivity index (χ2v) is 9.72.